The molecule has 2 N–H and O–H groups in total. The molecule has 2 saturated heterocycles. The van der Waals surface area contributed by atoms with Crippen LogP contribution in [-0.2, 0) is 11.2 Å². The summed E-state index contributed by atoms with van der Waals surface area (Å²) in [5.74, 6) is -0.695. The van der Waals surface area contributed by atoms with Crippen molar-refractivity contribution in [1.29, 1.82) is 0 Å². The summed E-state index contributed by atoms with van der Waals surface area (Å²) in [6.45, 7) is -0.203. The number of aromatic nitrogens is 1. The molecule has 2 fully saturated rings. The number of urea groups is 2. The zero-order chi connectivity index (χ0) is 20.7. The highest BCUT2D eigenvalue weighted by atomic mass is 32.1. The van der Waals surface area contributed by atoms with Gasteiger partial charge in [0.15, 0.2) is 5.13 Å². The number of nitrogens with zero attached hydrogens (tertiary/aromatic N) is 4. The lowest BCUT2D eigenvalue weighted by Crippen LogP contribution is -2.47. The van der Waals surface area contributed by atoms with E-state index in [9.17, 15) is 18.8 Å². The third kappa shape index (κ3) is 3.60. The van der Waals surface area contributed by atoms with Gasteiger partial charge < -0.3 is 20.4 Å². The van der Waals surface area contributed by atoms with Gasteiger partial charge in [-0.3, -0.25) is 9.69 Å². The fraction of sp³-hybridized carbons (Fsp3) is 0.333. The predicted molar refractivity (Wildman–Crippen MR) is 104 cm³/mol. The van der Waals surface area contributed by atoms with Crippen LogP contribution in [0.25, 0.3) is 0 Å². The van der Waals surface area contributed by atoms with Gasteiger partial charge in [0.05, 0.1) is 0 Å². The molecule has 29 heavy (non-hydrogen) atoms. The van der Waals surface area contributed by atoms with Crippen molar-refractivity contribution in [3.63, 3.8) is 0 Å². The third-order valence-corrected chi connectivity index (χ3v) is 5.87. The van der Waals surface area contributed by atoms with Crippen LogP contribution in [0.2, 0.25) is 0 Å². The molecule has 0 bridgehead atoms. The molecule has 2 aliphatic heterocycles. The molecule has 11 heteroatoms. The van der Waals surface area contributed by atoms with E-state index in [0.717, 1.165) is 10.4 Å². The van der Waals surface area contributed by atoms with Gasteiger partial charge in [-0.05, 0) is 17.7 Å². The average molecular weight is 418 g/mol. The van der Waals surface area contributed by atoms with E-state index in [1.807, 2.05) is 0 Å². The number of carbonyl (C=O) groups is 3. The van der Waals surface area contributed by atoms with Crippen LogP contribution < -0.4 is 10.6 Å². The Morgan fingerprint density at radius 3 is 2.69 bits per heavy atom. The molecule has 9 nitrogen and oxygen atoms in total. The average Bonchev–Trinajstić information content (AvgIpc) is 3.31. The van der Waals surface area contributed by atoms with E-state index >= 15 is 0 Å². The lowest BCUT2D eigenvalue weighted by atomic mass is 10.1. The quantitative estimate of drug-likeness (QED) is 0.769. The monoisotopic (exact) mass is 418 g/mol. The van der Waals surface area contributed by atoms with Crippen LogP contribution in [0.1, 0.15) is 10.4 Å². The maximum atomic E-state index is 13.0. The van der Waals surface area contributed by atoms with E-state index < -0.39 is 24.3 Å². The van der Waals surface area contributed by atoms with E-state index in [4.69, 9.17) is 0 Å². The number of halogens is 1. The second-order valence-corrected chi connectivity index (χ2v) is 8.04. The molecule has 0 radical (unpaired) electrons. The van der Waals surface area contributed by atoms with Crippen molar-refractivity contribution in [2.24, 2.45) is 0 Å². The summed E-state index contributed by atoms with van der Waals surface area (Å²) in [4.78, 5) is 46.0. The highest BCUT2D eigenvalue weighted by Gasteiger charge is 2.52. The molecule has 1 aromatic carbocycles. The van der Waals surface area contributed by atoms with Crippen molar-refractivity contribution < 1.29 is 18.8 Å². The molecule has 2 aromatic rings. The number of anilines is 1. The molecular formula is C18H19FN6O3S. The van der Waals surface area contributed by atoms with Crippen molar-refractivity contribution in [3.8, 4) is 0 Å². The van der Waals surface area contributed by atoms with Gasteiger partial charge in [0.1, 0.15) is 24.7 Å². The summed E-state index contributed by atoms with van der Waals surface area (Å²) < 4.78 is 13.0. The normalized spacial score (nSPS) is 20.9. The summed E-state index contributed by atoms with van der Waals surface area (Å²) in [7, 11) is 3.20. The summed E-state index contributed by atoms with van der Waals surface area (Å²) in [6.07, 6.45) is 1.19. The number of rotatable bonds is 5. The van der Waals surface area contributed by atoms with Gasteiger partial charge in [-0.1, -0.05) is 12.1 Å². The Morgan fingerprint density at radius 1 is 1.24 bits per heavy atom. The maximum Gasteiger partial charge on any atom is 0.323 e. The number of benzene rings is 1. The highest BCUT2D eigenvalue weighted by molar-refractivity contribution is 7.15. The first-order chi connectivity index (χ1) is 13.8. The van der Waals surface area contributed by atoms with Crippen molar-refractivity contribution >= 4 is 34.4 Å². The summed E-state index contributed by atoms with van der Waals surface area (Å²) in [5.41, 5.74) is 0.936. The Labute approximate surface area is 170 Å². The van der Waals surface area contributed by atoms with Gasteiger partial charge in [-0.15, -0.1) is 11.3 Å². The molecule has 0 aliphatic carbocycles. The first-order valence-corrected chi connectivity index (χ1v) is 9.71. The Kier molecular flexibility index (Phi) is 4.82. The molecular weight excluding hydrogens is 399 g/mol. The Balaban J connectivity index is 1.38. The van der Waals surface area contributed by atoms with E-state index in [1.165, 1.54) is 38.2 Å². The number of hydrogen-bond donors (Lipinski definition) is 2. The minimum Gasteiger partial charge on any atom is -0.314 e. The smallest absolute Gasteiger partial charge is 0.314 e. The first-order valence-electron chi connectivity index (χ1n) is 8.89. The van der Waals surface area contributed by atoms with E-state index in [2.05, 4.69) is 15.6 Å². The Hall–Kier alpha value is -3.21. The number of thiazole rings is 1. The largest absolute Gasteiger partial charge is 0.323 e. The first kappa shape index (κ1) is 19.1. The van der Waals surface area contributed by atoms with Crippen LogP contribution in [-0.4, -0.2) is 70.6 Å². The standard InChI is InChI=1S/C18H19FN6O3S/c1-23-14-15(24(2)18(23)28)25(17(27)22-14)9-13(26)21-16-20-8-12(29-16)7-10-3-5-11(19)6-4-10/h3-6,8,14-15H,7,9H2,1-2H3,(H,22,27)(H,20,21,26). The van der Waals surface area contributed by atoms with Crippen LogP contribution >= 0.6 is 11.3 Å². The van der Waals surface area contributed by atoms with Gasteiger partial charge in [-0.25, -0.2) is 19.0 Å². The van der Waals surface area contributed by atoms with Crippen LogP contribution in [0.5, 0.6) is 0 Å². The number of nitrogens with one attached hydrogen (secondary N) is 2. The SMILES string of the molecule is CN1C(=O)N(C)C2C1NC(=O)N2CC(=O)Nc1ncc(Cc2ccc(F)cc2)s1. The van der Waals surface area contributed by atoms with Gasteiger partial charge >= 0.3 is 12.1 Å². The number of carbonyl (C=O) groups excluding carboxylic acids is 3. The van der Waals surface area contributed by atoms with Crippen LogP contribution in [0, 0.1) is 5.82 Å². The van der Waals surface area contributed by atoms with Crippen molar-refractivity contribution in [3.05, 3.63) is 46.7 Å². The van der Waals surface area contributed by atoms with E-state index in [-0.39, 0.29) is 18.4 Å². The number of fused-ring (bicyclic) bond motifs is 1. The van der Waals surface area contributed by atoms with Crippen molar-refractivity contribution in [1.82, 2.24) is 25.0 Å². The minimum atomic E-state index is -0.545. The maximum absolute atomic E-state index is 13.0. The Morgan fingerprint density at radius 2 is 1.97 bits per heavy atom. The zero-order valence-electron chi connectivity index (χ0n) is 15.8. The van der Waals surface area contributed by atoms with E-state index in [0.29, 0.717) is 11.6 Å². The van der Waals surface area contributed by atoms with Gasteiger partial charge in [0, 0.05) is 31.6 Å². The van der Waals surface area contributed by atoms with Crippen LogP contribution in [0.4, 0.5) is 19.1 Å². The number of amides is 5. The molecule has 1 aromatic heterocycles. The van der Waals surface area contributed by atoms with E-state index in [1.54, 1.807) is 32.4 Å². The fourth-order valence-corrected chi connectivity index (χ4v) is 4.37. The molecule has 4 rings (SSSR count). The highest BCUT2D eigenvalue weighted by Crippen LogP contribution is 2.27. The molecule has 5 amide bonds. The van der Waals surface area contributed by atoms with Crippen LogP contribution in [0.15, 0.2) is 30.5 Å². The molecule has 0 saturated carbocycles. The fourth-order valence-electron chi connectivity index (χ4n) is 3.50. The van der Waals surface area contributed by atoms with Gasteiger partial charge in [0.25, 0.3) is 0 Å². The number of hydrogen-bond acceptors (Lipinski definition) is 5. The van der Waals surface area contributed by atoms with Crippen LogP contribution in [0.3, 0.4) is 0 Å². The molecule has 152 valence electrons. The predicted octanol–water partition coefficient (Wildman–Crippen LogP) is 1.49. The molecule has 2 atom stereocenters. The molecule has 3 heterocycles. The molecule has 2 unspecified atom stereocenters. The lowest BCUT2D eigenvalue weighted by molar-refractivity contribution is -0.117. The lowest BCUT2D eigenvalue weighted by Gasteiger charge is -2.25. The summed E-state index contributed by atoms with van der Waals surface area (Å²) in [5, 5.41) is 5.82. The van der Waals surface area contributed by atoms with Gasteiger partial charge in [-0.2, -0.15) is 0 Å². The third-order valence-electron chi connectivity index (χ3n) is 4.96. The topological polar surface area (TPSA) is 97.9 Å². The minimum absolute atomic E-state index is 0.203. The second-order valence-electron chi connectivity index (χ2n) is 6.92. The summed E-state index contributed by atoms with van der Waals surface area (Å²) in [6, 6.07) is 5.57. The zero-order valence-corrected chi connectivity index (χ0v) is 16.6. The molecule has 0 spiro atoms. The van der Waals surface area contributed by atoms with Crippen molar-refractivity contribution in [2.75, 3.05) is 26.0 Å². The second kappa shape index (κ2) is 7.32. The molecule has 2 aliphatic rings. The van der Waals surface area contributed by atoms with Gasteiger partial charge in [0.2, 0.25) is 5.91 Å². The number of likely N-dealkylation sites (N-methyl/N-ethyl adjacent to an activating group) is 2. The Bertz CT molecular complexity index is 965. The summed E-state index contributed by atoms with van der Waals surface area (Å²) >= 11 is 1.31. The van der Waals surface area contributed by atoms with Crippen molar-refractivity contribution in [2.45, 2.75) is 18.8 Å².